The number of fused-ring (bicyclic) bond motifs is 1. The number of halogens is 6. The number of ether oxygens (including phenoxy) is 1. The standard InChI is InChI=1S/C21H25F3N4O5.C2HF3O2/c1-5-28(19(32)25-12-8-6-11(7-9-12)21(22,23)24)10-13-14-15(17(30)27(3)16(14)29)20(2,26-13)18(31)33-4;3-2(4,5)1(6)7/h6-9,13-15,26H,5,10H2,1-4H3,(H,25,32);(H,6,7)/t13-,14+,15-,20-;/m1./s1. The van der Waals surface area contributed by atoms with Crippen molar-refractivity contribution >= 4 is 35.5 Å². The summed E-state index contributed by atoms with van der Waals surface area (Å²) in [7, 11) is 2.52. The van der Waals surface area contributed by atoms with E-state index in [0.29, 0.717) is 0 Å². The van der Waals surface area contributed by atoms with Gasteiger partial charge in [-0.2, -0.15) is 26.3 Å². The van der Waals surface area contributed by atoms with Gasteiger partial charge in [-0.1, -0.05) is 0 Å². The molecule has 40 heavy (non-hydrogen) atoms. The van der Waals surface area contributed by atoms with Crippen LogP contribution in [0.3, 0.4) is 0 Å². The van der Waals surface area contributed by atoms with Crippen molar-refractivity contribution in [3.8, 4) is 0 Å². The van der Waals surface area contributed by atoms with E-state index in [2.05, 4.69) is 10.6 Å². The second-order valence-electron chi connectivity index (χ2n) is 9.03. The van der Waals surface area contributed by atoms with Crippen molar-refractivity contribution in [1.82, 2.24) is 15.1 Å². The van der Waals surface area contributed by atoms with Crippen LogP contribution in [-0.2, 0) is 30.1 Å². The molecule has 0 saturated carbocycles. The molecule has 2 aliphatic heterocycles. The molecule has 0 unspecified atom stereocenters. The number of anilines is 1. The van der Waals surface area contributed by atoms with Gasteiger partial charge in [-0.3, -0.25) is 24.6 Å². The third-order valence-electron chi connectivity index (χ3n) is 6.51. The summed E-state index contributed by atoms with van der Waals surface area (Å²) in [6.45, 7) is 3.35. The molecule has 1 aromatic carbocycles. The van der Waals surface area contributed by atoms with Crippen molar-refractivity contribution in [2.45, 2.75) is 37.8 Å². The number of carbonyl (C=O) groups is 5. The molecule has 17 heteroatoms. The van der Waals surface area contributed by atoms with Gasteiger partial charge in [0.15, 0.2) is 0 Å². The number of hydrogen-bond acceptors (Lipinski definition) is 7. The molecule has 222 valence electrons. The number of hydrogen-bond donors (Lipinski definition) is 3. The van der Waals surface area contributed by atoms with Crippen LogP contribution in [0, 0.1) is 11.8 Å². The van der Waals surface area contributed by atoms with Gasteiger partial charge < -0.3 is 20.1 Å². The summed E-state index contributed by atoms with van der Waals surface area (Å²) in [6.07, 6.45) is -9.58. The molecule has 11 nitrogen and oxygen atoms in total. The Hall–Kier alpha value is -3.89. The normalized spacial score (nSPS) is 24.1. The summed E-state index contributed by atoms with van der Waals surface area (Å²) < 4.78 is 74.8. The molecule has 0 spiro atoms. The van der Waals surface area contributed by atoms with Gasteiger partial charge >= 0.3 is 30.3 Å². The second kappa shape index (κ2) is 11.7. The van der Waals surface area contributed by atoms with Crippen molar-refractivity contribution in [3.05, 3.63) is 29.8 Å². The van der Waals surface area contributed by atoms with Crippen molar-refractivity contribution in [2.75, 3.05) is 32.6 Å². The molecule has 4 amide bonds. The average molecular weight is 584 g/mol. The van der Waals surface area contributed by atoms with Gasteiger partial charge in [0.25, 0.3) is 0 Å². The monoisotopic (exact) mass is 584 g/mol. The summed E-state index contributed by atoms with van der Waals surface area (Å²) in [6, 6.07) is 2.67. The van der Waals surface area contributed by atoms with Gasteiger partial charge in [0.1, 0.15) is 5.54 Å². The Morgan fingerprint density at radius 1 is 1.10 bits per heavy atom. The highest BCUT2D eigenvalue weighted by Gasteiger charge is 2.66. The zero-order chi connectivity index (χ0) is 30.8. The molecule has 0 radical (unpaired) electrons. The third kappa shape index (κ3) is 6.63. The van der Waals surface area contributed by atoms with Crippen molar-refractivity contribution in [1.29, 1.82) is 0 Å². The first kappa shape index (κ1) is 32.3. The fourth-order valence-corrected chi connectivity index (χ4v) is 4.51. The lowest BCUT2D eigenvalue weighted by atomic mass is 9.81. The Kier molecular flexibility index (Phi) is 9.45. The largest absolute Gasteiger partial charge is 0.490 e. The highest BCUT2D eigenvalue weighted by Crippen LogP contribution is 2.43. The number of imide groups is 1. The van der Waals surface area contributed by atoms with Crippen LogP contribution < -0.4 is 10.6 Å². The number of rotatable bonds is 5. The molecule has 2 saturated heterocycles. The molecule has 3 rings (SSSR count). The van der Waals surface area contributed by atoms with Gasteiger partial charge in [0.2, 0.25) is 11.8 Å². The molecule has 1 aromatic rings. The van der Waals surface area contributed by atoms with Crippen molar-refractivity contribution < 1.29 is 60.2 Å². The minimum Gasteiger partial charge on any atom is -0.475 e. The number of alkyl halides is 6. The number of carbonyl (C=O) groups excluding carboxylic acids is 4. The van der Waals surface area contributed by atoms with E-state index in [0.717, 1.165) is 29.2 Å². The van der Waals surface area contributed by atoms with Crippen LogP contribution in [0.5, 0.6) is 0 Å². The molecule has 2 aliphatic rings. The second-order valence-corrected chi connectivity index (χ2v) is 9.03. The van der Waals surface area contributed by atoms with E-state index in [9.17, 15) is 45.5 Å². The number of carboxylic acid groups (broad SMARTS) is 1. The first-order chi connectivity index (χ1) is 18.3. The smallest absolute Gasteiger partial charge is 0.475 e. The molecule has 0 bridgehead atoms. The number of likely N-dealkylation sites (tertiary alicyclic amines) is 1. The summed E-state index contributed by atoms with van der Waals surface area (Å²) in [5.41, 5.74) is -2.13. The molecule has 0 aliphatic carbocycles. The maximum absolute atomic E-state index is 12.8. The van der Waals surface area contributed by atoms with E-state index in [4.69, 9.17) is 14.6 Å². The number of nitrogens with zero attached hydrogens (tertiary/aromatic N) is 2. The predicted molar refractivity (Wildman–Crippen MR) is 124 cm³/mol. The first-order valence-electron chi connectivity index (χ1n) is 11.5. The first-order valence-corrected chi connectivity index (χ1v) is 11.5. The minimum atomic E-state index is -5.08. The van der Waals surface area contributed by atoms with Crippen molar-refractivity contribution in [2.24, 2.45) is 11.8 Å². The van der Waals surface area contributed by atoms with E-state index in [1.807, 2.05) is 0 Å². The zero-order valence-corrected chi connectivity index (χ0v) is 21.5. The fraction of sp³-hybridized carbons (Fsp3) is 0.522. The number of esters is 1. The van der Waals surface area contributed by atoms with Gasteiger partial charge in [-0.05, 0) is 38.1 Å². The maximum atomic E-state index is 12.8. The summed E-state index contributed by atoms with van der Waals surface area (Å²) in [4.78, 5) is 61.9. The highest BCUT2D eigenvalue weighted by atomic mass is 19.4. The maximum Gasteiger partial charge on any atom is 0.490 e. The Labute approximate surface area is 223 Å². The molecular formula is C23H26F6N4O7. The molecule has 3 N–H and O–H groups in total. The number of benzene rings is 1. The van der Waals surface area contributed by atoms with Crippen LogP contribution in [0.25, 0.3) is 0 Å². The van der Waals surface area contributed by atoms with Crippen molar-refractivity contribution in [3.63, 3.8) is 0 Å². The van der Waals surface area contributed by atoms with E-state index in [1.54, 1.807) is 6.92 Å². The lowest BCUT2D eigenvalue weighted by Crippen LogP contribution is -2.56. The van der Waals surface area contributed by atoms with Crippen LogP contribution in [0.4, 0.5) is 36.8 Å². The number of nitrogens with one attached hydrogen (secondary N) is 2. The highest BCUT2D eigenvalue weighted by molar-refractivity contribution is 6.09. The van der Waals surface area contributed by atoms with E-state index in [1.165, 1.54) is 26.0 Å². The third-order valence-corrected chi connectivity index (χ3v) is 6.51. The van der Waals surface area contributed by atoms with Crippen LogP contribution >= 0.6 is 0 Å². The Bertz CT molecular complexity index is 1160. The number of amides is 4. The Morgan fingerprint density at radius 3 is 2.05 bits per heavy atom. The molecule has 4 atom stereocenters. The predicted octanol–water partition coefficient (Wildman–Crippen LogP) is 2.33. The summed E-state index contributed by atoms with van der Waals surface area (Å²) in [5.74, 6) is -6.29. The average Bonchev–Trinajstić information content (AvgIpc) is 3.29. The number of carboxylic acids is 1. The number of urea groups is 1. The van der Waals surface area contributed by atoms with Gasteiger partial charge in [-0.15, -0.1) is 0 Å². The van der Waals surface area contributed by atoms with Crippen LogP contribution in [0.15, 0.2) is 24.3 Å². The Morgan fingerprint density at radius 2 is 1.62 bits per heavy atom. The zero-order valence-electron chi connectivity index (χ0n) is 21.5. The topological polar surface area (TPSA) is 145 Å². The van der Waals surface area contributed by atoms with E-state index in [-0.39, 0.29) is 18.8 Å². The Balaban J connectivity index is 0.000000708. The van der Waals surface area contributed by atoms with Gasteiger partial charge in [-0.25, -0.2) is 9.59 Å². The summed E-state index contributed by atoms with van der Waals surface area (Å²) >= 11 is 0. The van der Waals surface area contributed by atoms with Crippen LogP contribution in [0.2, 0.25) is 0 Å². The fourth-order valence-electron chi connectivity index (χ4n) is 4.51. The molecule has 0 aromatic heterocycles. The summed E-state index contributed by atoms with van der Waals surface area (Å²) in [5, 5.41) is 12.7. The van der Waals surface area contributed by atoms with Crippen LogP contribution in [-0.4, -0.2) is 89.7 Å². The van der Waals surface area contributed by atoms with Gasteiger partial charge in [0.05, 0.1) is 24.5 Å². The molecule has 2 fully saturated rings. The molecule has 2 heterocycles. The molecular weight excluding hydrogens is 558 g/mol. The quantitative estimate of drug-likeness (QED) is 0.272. The lowest BCUT2D eigenvalue weighted by molar-refractivity contribution is -0.192. The van der Waals surface area contributed by atoms with E-state index >= 15 is 0 Å². The van der Waals surface area contributed by atoms with Crippen LogP contribution in [0.1, 0.15) is 19.4 Å². The van der Waals surface area contributed by atoms with Gasteiger partial charge in [0, 0.05) is 31.9 Å². The van der Waals surface area contributed by atoms with E-state index < -0.39 is 71.1 Å². The number of likely N-dealkylation sites (N-methyl/N-ethyl adjacent to an activating group) is 1. The SMILES string of the molecule is CCN(C[C@H]1N[C@@](C)(C(=O)OC)[C@H]2C(=O)N(C)C(=O)[C@@H]12)C(=O)Nc1ccc(C(F)(F)F)cc1.O=C(O)C(F)(F)F. The number of aliphatic carboxylic acids is 1. The number of methoxy groups -OCH3 is 1. The lowest BCUT2D eigenvalue weighted by Gasteiger charge is -2.30. The minimum absolute atomic E-state index is 0.0242.